The number of amides is 2. The van der Waals surface area contributed by atoms with Gasteiger partial charge in [-0.2, -0.15) is 0 Å². The molecule has 29 heavy (non-hydrogen) atoms. The van der Waals surface area contributed by atoms with Gasteiger partial charge in [0, 0.05) is 29.6 Å². The van der Waals surface area contributed by atoms with Gasteiger partial charge in [0.1, 0.15) is 0 Å². The Labute approximate surface area is 175 Å². The number of fused-ring (bicyclic) bond motifs is 2. The van der Waals surface area contributed by atoms with E-state index in [-0.39, 0.29) is 17.7 Å². The highest BCUT2D eigenvalue weighted by Gasteiger charge is 2.29. The van der Waals surface area contributed by atoms with Crippen molar-refractivity contribution in [3.63, 3.8) is 0 Å². The number of benzene rings is 1. The van der Waals surface area contributed by atoms with E-state index in [1.807, 2.05) is 17.0 Å². The van der Waals surface area contributed by atoms with Crippen LogP contribution in [0.25, 0.3) is 0 Å². The fourth-order valence-electron chi connectivity index (χ4n) is 4.67. The molecule has 1 aromatic heterocycles. The predicted octanol–water partition coefficient (Wildman–Crippen LogP) is 3.45. The molecule has 5 nitrogen and oxygen atoms in total. The first-order valence-corrected chi connectivity index (χ1v) is 11.4. The van der Waals surface area contributed by atoms with Gasteiger partial charge in [0.25, 0.3) is 5.91 Å². The first kappa shape index (κ1) is 18.8. The minimum absolute atomic E-state index is 0.0308. The number of morpholine rings is 1. The summed E-state index contributed by atoms with van der Waals surface area (Å²) in [6.07, 6.45) is 5.91. The van der Waals surface area contributed by atoms with Gasteiger partial charge in [-0.1, -0.05) is 6.07 Å². The van der Waals surface area contributed by atoms with Crippen molar-refractivity contribution in [2.24, 2.45) is 5.92 Å². The average Bonchev–Trinajstić information content (AvgIpc) is 3.39. The third kappa shape index (κ3) is 3.83. The molecule has 0 radical (unpaired) electrons. The monoisotopic (exact) mass is 410 g/mol. The first-order chi connectivity index (χ1) is 14.2. The lowest BCUT2D eigenvalue weighted by Crippen LogP contribution is -2.40. The molecular formula is C23H26N2O3S. The van der Waals surface area contributed by atoms with Crippen molar-refractivity contribution < 1.29 is 14.3 Å². The molecule has 1 saturated heterocycles. The van der Waals surface area contributed by atoms with Crippen LogP contribution in [0.4, 0.5) is 5.69 Å². The lowest BCUT2D eigenvalue weighted by molar-refractivity contribution is -0.120. The van der Waals surface area contributed by atoms with Crippen molar-refractivity contribution in [3.8, 4) is 0 Å². The number of nitrogens with one attached hydrogen (secondary N) is 1. The number of anilines is 1. The summed E-state index contributed by atoms with van der Waals surface area (Å²) in [5.41, 5.74) is 4.88. The molecule has 3 aliphatic rings. The second kappa shape index (κ2) is 7.92. The second-order valence-electron chi connectivity index (χ2n) is 8.23. The van der Waals surface area contributed by atoms with Crippen LogP contribution in [-0.4, -0.2) is 43.0 Å². The van der Waals surface area contributed by atoms with Crippen molar-refractivity contribution >= 4 is 28.8 Å². The van der Waals surface area contributed by atoms with E-state index in [9.17, 15) is 9.59 Å². The fourth-order valence-corrected chi connectivity index (χ4v) is 5.85. The Morgan fingerprint density at radius 2 is 1.86 bits per heavy atom. The Hall–Kier alpha value is -2.18. The highest BCUT2D eigenvalue weighted by Crippen LogP contribution is 2.34. The molecule has 0 bridgehead atoms. The van der Waals surface area contributed by atoms with Crippen LogP contribution in [-0.2, 0) is 35.2 Å². The number of ether oxygens (including phenoxy) is 1. The van der Waals surface area contributed by atoms with Crippen LogP contribution in [0.3, 0.4) is 0 Å². The lowest BCUT2D eigenvalue weighted by Gasteiger charge is -2.26. The predicted molar refractivity (Wildman–Crippen MR) is 114 cm³/mol. The van der Waals surface area contributed by atoms with Crippen LogP contribution >= 0.6 is 11.3 Å². The van der Waals surface area contributed by atoms with Gasteiger partial charge in [-0.05, 0) is 73.4 Å². The van der Waals surface area contributed by atoms with E-state index >= 15 is 0 Å². The Bertz CT molecular complexity index is 946. The Morgan fingerprint density at radius 1 is 1.03 bits per heavy atom. The molecule has 0 spiro atoms. The molecule has 2 amide bonds. The molecule has 5 rings (SSSR count). The minimum atomic E-state index is -0.0308. The summed E-state index contributed by atoms with van der Waals surface area (Å²) in [5.74, 6) is 0.171. The molecule has 2 aliphatic carbocycles. The maximum Gasteiger partial charge on any atom is 0.264 e. The molecule has 6 heteroatoms. The van der Waals surface area contributed by atoms with E-state index in [4.69, 9.17) is 4.74 Å². The summed E-state index contributed by atoms with van der Waals surface area (Å²) < 4.78 is 5.35. The van der Waals surface area contributed by atoms with Gasteiger partial charge in [0.05, 0.1) is 18.1 Å². The molecule has 1 aliphatic heterocycles. The average molecular weight is 411 g/mol. The molecule has 1 fully saturated rings. The topological polar surface area (TPSA) is 58.6 Å². The van der Waals surface area contributed by atoms with E-state index in [2.05, 4.69) is 17.4 Å². The Balaban J connectivity index is 1.25. The van der Waals surface area contributed by atoms with Crippen molar-refractivity contribution in [2.45, 2.75) is 38.5 Å². The van der Waals surface area contributed by atoms with Crippen LogP contribution < -0.4 is 5.32 Å². The standard InChI is InChI=1S/C23H26N2O3S/c26-22(24-19-6-4-15-2-1-3-16(15)13-19)17-5-7-20-18(12-17)14-21(29-20)23(27)25-8-10-28-11-9-25/h4,6,13-14,17H,1-3,5,7-12H2,(H,24,26)/t17-/m1/s1. The molecule has 1 N–H and O–H groups in total. The van der Waals surface area contributed by atoms with Gasteiger partial charge < -0.3 is 15.0 Å². The first-order valence-electron chi connectivity index (χ1n) is 10.6. The van der Waals surface area contributed by atoms with Crippen molar-refractivity contribution in [2.75, 3.05) is 31.6 Å². The number of carbonyl (C=O) groups excluding carboxylic acids is 2. The number of thiophene rings is 1. The zero-order valence-electron chi connectivity index (χ0n) is 16.5. The molecular weight excluding hydrogens is 384 g/mol. The maximum absolute atomic E-state index is 12.9. The third-order valence-electron chi connectivity index (χ3n) is 6.33. The Kier molecular flexibility index (Phi) is 5.14. The van der Waals surface area contributed by atoms with Crippen LogP contribution in [0.15, 0.2) is 24.3 Å². The zero-order valence-corrected chi connectivity index (χ0v) is 17.4. The van der Waals surface area contributed by atoms with Gasteiger partial charge in [0.15, 0.2) is 0 Å². The van der Waals surface area contributed by atoms with Crippen molar-refractivity contribution in [1.29, 1.82) is 0 Å². The molecule has 2 heterocycles. The largest absolute Gasteiger partial charge is 0.378 e. The summed E-state index contributed by atoms with van der Waals surface area (Å²) in [6.45, 7) is 2.55. The summed E-state index contributed by atoms with van der Waals surface area (Å²) in [6, 6.07) is 8.34. The lowest BCUT2D eigenvalue weighted by atomic mass is 9.87. The quantitative estimate of drug-likeness (QED) is 0.843. The molecule has 1 aromatic carbocycles. The molecule has 1 atom stereocenters. The number of aryl methyl sites for hydroxylation is 3. The van der Waals surface area contributed by atoms with E-state index in [1.54, 1.807) is 11.3 Å². The van der Waals surface area contributed by atoms with Gasteiger partial charge >= 0.3 is 0 Å². The van der Waals surface area contributed by atoms with Crippen LogP contribution in [0.1, 0.15) is 44.1 Å². The smallest absolute Gasteiger partial charge is 0.264 e. The van der Waals surface area contributed by atoms with E-state index in [1.165, 1.54) is 28.0 Å². The second-order valence-corrected chi connectivity index (χ2v) is 9.37. The molecule has 0 saturated carbocycles. The summed E-state index contributed by atoms with van der Waals surface area (Å²) in [4.78, 5) is 29.6. The highest BCUT2D eigenvalue weighted by atomic mass is 32.1. The van der Waals surface area contributed by atoms with Crippen molar-refractivity contribution in [1.82, 2.24) is 4.90 Å². The molecule has 0 unspecified atom stereocenters. The molecule has 152 valence electrons. The van der Waals surface area contributed by atoms with Crippen molar-refractivity contribution in [3.05, 3.63) is 50.7 Å². The Morgan fingerprint density at radius 3 is 2.72 bits per heavy atom. The molecule has 2 aromatic rings. The van der Waals surface area contributed by atoms with Gasteiger partial charge in [0.2, 0.25) is 5.91 Å². The van der Waals surface area contributed by atoms with Crippen LogP contribution in [0.2, 0.25) is 0 Å². The number of rotatable bonds is 3. The summed E-state index contributed by atoms with van der Waals surface area (Å²) in [5, 5.41) is 3.13. The number of hydrogen-bond acceptors (Lipinski definition) is 4. The van der Waals surface area contributed by atoms with E-state index < -0.39 is 0 Å². The van der Waals surface area contributed by atoms with E-state index in [0.29, 0.717) is 26.3 Å². The van der Waals surface area contributed by atoms with Crippen LogP contribution in [0, 0.1) is 5.92 Å². The maximum atomic E-state index is 12.9. The van der Waals surface area contributed by atoms with Gasteiger partial charge in [-0.15, -0.1) is 11.3 Å². The fraction of sp³-hybridized carbons (Fsp3) is 0.478. The SMILES string of the molecule is O=C(Nc1ccc2c(c1)CCC2)[C@@H]1CCc2sc(C(=O)N3CCOCC3)cc2C1. The van der Waals surface area contributed by atoms with E-state index in [0.717, 1.165) is 42.7 Å². The van der Waals surface area contributed by atoms with Crippen LogP contribution in [0.5, 0.6) is 0 Å². The minimum Gasteiger partial charge on any atom is -0.378 e. The third-order valence-corrected chi connectivity index (χ3v) is 7.55. The number of hydrogen-bond donors (Lipinski definition) is 1. The number of nitrogens with zero attached hydrogens (tertiary/aromatic N) is 1. The highest BCUT2D eigenvalue weighted by molar-refractivity contribution is 7.14. The number of carbonyl (C=O) groups is 2. The normalized spacial score (nSPS) is 20.8. The summed E-state index contributed by atoms with van der Waals surface area (Å²) >= 11 is 1.60. The zero-order chi connectivity index (χ0) is 19.8. The summed E-state index contributed by atoms with van der Waals surface area (Å²) in [7, 11) is 0. The van der Waals surface area contributed by atoms with Gasteiger partial charge in [-0.3, -0.25) is 9.59 Å². The van der Waals surface area contributed by atoms with Gasteiger partial charge in [-0.25, -0.2) is 0 Å².